The first-order chi connectivity index (χ1) is 11.7. The lowest BCUT2D eigenvalue weighted by Crippen LogP contribution is -1.94. The molecular formula is C18H15FN4S. The molecule has 120 valence electrons. The molecule has 2 aromatic carbocycles. The first-order valence-electron chi connectivity index (χ1n) is 7.55. The Kier molecular flexibility index (Phi) is 3.82. The summed E-state index contributed by atoms with van der Waals surface area (Å²) in [5.41, 5.74) is 3.17. The van der Waals surface area contributed by atoms with Gasteiger partial charge in [0, 0.05) is 35.5 Å². The molecule has 0 aliphatic carbocycles. The number of para-hydroxylation sites is 1. The summed E-state index contributed by atoms with van der Waals surface area (Å²) in [7, 11) is 1.96. The first-order valence-corrected chi connectivity index (χ1v) is 8.54. The predicted molar refractivity (Wildman–Crippen MR) is 94.3 cm³/mol. The zero-order chi connectivity index (χ0) is 16.5. The van der Waals surface area contributed by atoms with Crippen LogP contribution in [0.2, 0.25) is 0 Å². The molecule has 24 heavy (non-hydrogen) atoms. The summed E-state index contributed by atoms with van der Waals surface area (Å²) in [5.74, 6) is 1.33. The zero-order valence-corrected chi connectivity index (χ0v) is 13.8. The molecule has 0 aliphatic heterocycles. The quantitative estimate of drug-likeness (QED) is 0.561. The minimum atomic E-state index is -0.218. The summed E-state index contributed by atoms with van der Waals surface area (Å²) in [6, 6.07) is 14.7. The van der Waals surface area contributed by atoms with Crippen LogP contribution in [0.4, 0.5) is 4.39 Å². The highest BCUT2D eigenvalue weighted by atomic mass is 32.2. The summed E-state index contributed by atoms with van der Waals surface area (Å²) < 4.78 is 15.0. The van der Waals surface area contributed by atoms with Crippen molar-refractivity contribution in [1.29, 1.82) is 0 Å². The number of H-pyrrole nitrogens is 1. The van der Waals surface area contributed by atoms with Crippen molar-refractivity contribution in [2.45, 2.75) is 10.9 Å². The molecule has 0 amide bonds. The van der Waals surface area contributed by atoms with Crippen molar-refractivity contribution >= 4 is 22.7 Å². The van der Waals surface area contributed by atoms with Crippen LogP contribution in [0.3, 0.4) is 0 Å². The SMILES string of the molecule is Cn1c(SCc2ccc(F)cc2)nnc1-c1c[nH]c2ccccc12. The van der Waals surface area contributed by atoms with E-state index in [1.165, 1.54) is 12.1 Å². The van der Waals surface area contributed by atoms with Crippen LogP contribution in [0, 0.1) is 5.82 Å². The fourth-order valence-corrected chi connectivity index (χ4v) is 3.53. The van der Waals surface area contributed by atoms with E-state index in [0.717, 1.165) is 38.8 Å². The molecule has 6 heteroatoms. The highest BCUT2D eigenvalue weighted by molar-refractivity contribution is 7.98. The number of rotatable bonds is 4. The van der Waals surface area contributed by atoms with Gasteiger partial charge in [0.25, 0.3) is 0 Å². The normalized spacial score (nSPS) is 11.2. The topological polar surface area (TPSA) is 46.5 Å². The molecule has 1 N–H and O–H groups in total. The number of nitrogens with one attached hydrogen (secondary N) is 1. The van der Waals surface area contributed by atoms with Gasteiger partial charge in [0.1, 0.15) is 5.82 Å². The zero-order valence-electron chi connectivity index (χ0n) is 13.0. The van der Waals surface area contributed by atoms with Crippen molar-refractivity contribution in [2.75, 3.05) is 0 Å². The second-order valence-corrected chi connectivity index (χ2v) is 6.47. The molecule has 0 aliphatic rings. The molecule has 0 saturated carbocycles. The molecular weight excluding hydrogens is 323 g/mol. The van der Waals surface area contributed by atoms with E-state index in [9.17, 15) is 4.39 Å². The van der Waals surface area contributed by atoms with Crippen molar-refractivity contribution in [2.24, 2.45) is 7.05 Å². The van der Waals surface area contributed by atoms with E-state index in [1.54, 1.807) is 23.9 Å². The smallest absolute Gasteiger partial charge is 0.191 e. The van der Waals surface area contributed by atoms with Gasteiger partial charge >= 0.3 is 0 Å². The maximum Gasteiger partial charge on any atom is 0.191 e. The Balaban J connectivity index is 1.60. The number of aromatic nitrogens is 4. The molecule has 0 unspecified atom stereocenters. The second kappa shape index (κ2) is 6.13. The van der Waals surface area contributed by atoms with E-state index in [0.29, 0.717) is 0 Å². The van der Waals surface area contributed by atoms with Crippen molar-refractivity contribution in [3.8, 4) is 11.4 Å². The Morgan fingerprint density at radius 1 is 1.08 bits per heavy atom. The van der Waals surface area contributed by atoms with Crippen LogP contribution in [0.1, 0.15) is 5.56 Å². The van der Waals surface area contributed by atoms with Crippen LogP contribution in [-0.4, -0.2) is 19.7 Å². The molecule has 4 nitrogen and oxygen atoms in total. The van der Waals surface area contributed by atoms with E-state index in [2.05, 4.69) is 21.2 Å². The summed E-state index contributed by atoms with van der Waals surface area (Å²) in [6.45, 7) is 0. The third kappa shape index (κ3) is 2.69. The number of hydrogen-bond donors (Lipinski definition) is 1. The molecule has 0 radical (unpaired) electrons. The van der Waals surface area contributed by atoms with Crippen molar-refractivity contribution in [3.05, 3.63) is 66.1 Å². The monoisotopic (exact) mass is 338 g/mol. The molecule has 0 saturated heterocycles. The lowest BCUT2D eigenvalue weighted by molar-refractivity contribution is 0.627. The molecule has 0 spiro atoms. The molecule has 4 aromatic rings. The van der Waals surface area contributed by atoms with Crippen molar-refractivity contribution in [1.82, 2.24) is 19.7 Å². The maximum atomic E-state index is 13.0. The third-order valence-corrected chi connectivity index (χ3v) is 5.04. The van der Waals surface area contributed by atoms with Gasteiger partial charge in [-0.3, -0.25) is 0 Å². The van der Waals surface area contributed by atoms with E-state index < -0.39 is 0 Å². The van der Waals surface area contributed by atoms with Crippen LogP contribution in [0.25, 0.3) is 22.3 Å². The van der Waals surface area contributed by atoms with Gasteiger partial charge in [-0.2, -0.15) is 0 Å². The van der Waals surface area contributed by atoms with Crippen molar-refractivity contribution in [3.63, 3.8) is 0 Å². The molecule has 2 heterocycles. The summed E-state index contributed by atoms with van der Waals surface area (Å²) in [5, 5.41) is 10.6. The Labute approximate surface area is 142 Å². The van der Waals surface area contributed by atoms with Gasteiger partial charge < -0.3 is 9.55 Å². The van der Waals surface area contributed by atoms with E-state index >= 15 is 0 Å². The largest absolute Gasteiger partial charge is 0.360 e. The predicted octanol–water partition coefficient (Wildman–Crippen LogP) is 4.39. The lowest BCUT2D eigenvalue weighted by Gasteiger charge is -2.03. The van der Waals surface area contributed by atoms with Gasteiger partial charge in [0.2, 0.25) is 0 Å². The number of nitrogens with zero attached hydrogens (tertiary/aromatic N) is 3. The summed E-state index contributed by atoms with van der Waals surface area (Å²) >= 11 is 1.59. The van der Waals surface area contributed by atoms with Gasteiger partial charge in [0.15, 0.2) is 11.0 Å². The van der Waals surface area contributed by atoms with Gasteiger partial charge in [-0.1, -0.05) is 42.1 Å². The Hall–Kier alpha value is -2.60. The van der Waals surface area contributed by atoms with E-state index in [4.69, 9.17) is 0 Å². The Morgan fingerprint density at radius 2 is 1.88 bits per heavy atom. The number of hydrogen-bond acceptors (Lipinski definition) is 3. The molecule has 4 rings (SSSR count). The molecule has 2 aromatic heterocycles. The standard InChI is InChI=1S/C18H15FN4S/c1-23-17(15-10-20-16-5-3-2-4-14(15)16)21-22-18(23)24-11-12-6-8-13(19)9-7-12/h2-10,20H,11H2,1H3. The van der Waals surface area contributed by atoms with Gasteiger partial charge in [-0.05, 0) is 23.8 Å². The van der Waals surface area contributed by atoms with Crippen LogP contribution < -0.4 is 0 Å². The fraction of sp³-hybridized carbons (Fsp3) is 0.111. The minimum Gasteiger partial charge on any atom is -0.360 e. The molecule has 0 atom stereocenters. The van der Waals surface area contributed by atoms with Gasteiger partial charge in [-0.25, -0.2) is 4.39 Å². The van der Waals surface area contributed by atoms with E-state index in [-0.39, 0.29) is 5.82 Å². The number of halogens is 1. The maximum absolute atomic E-state index is 13.0. The van der Waals surface area contributed by atoms with E-state index in [1.807, 2.05) is 36.0 Å². The van der Waals surface area contributed by atoms with Gasteiger partial charge in [0.05, 0.1) is 0 Å². The molecule has 0 bridgehead atoms. The average Bonchev–Trinajstić information content (AvgIpc) is 3.18. The number of aromatic amines is 1. The summed E-state index contributed by atoms with van der Waals surface area (Å²) in [6.07, 6.45) is 1.96. The lowest BCUT2D eigenvalue weighted by atomic mass is 10.1. The van der Waals surface area contributed by atoms with Gasteiger partial charge in [-0.15, -0.1) is 10.2 Å². The van der Waals surface area contributed by atoms with Crippen LogP contribution in [0.5, 0.6) is 0 Å². The minimum absolute atomic E-state index is 0.218. The Bertz CT molecular complexity index is 988. The average molecular weight is 338 g/mol. The molecule has 0 fully saturated rings. The number of thioether (sulfide) groups is 1. The van der Waals surface area contributed by atoms with Crippen LogP contribution in [0.15, 0.2) is 59.9 Å². The van der Waals surface area contributed by atoms with Crippen molar-refractivity contribution < 1.29 is 4.39 Å². The van der Waals surface area contributed by atoms with Crippen LogP contribution in [-0.2, 0) is 12.8 Å². The number of fused-ring (bicyclic) bond motifs is 1. The Morgan fingerprint density at radius 3 is 2.71 bits per heavy atom. The van der Waals surface area contributed by atoms with Crippen LogP contribution >= 0.6 is 11.8 Å². The highest BCUT2D eigenvalue weighted by Crippen LogP contribution is 2.30. The second-order valence-electron chi connectivity index (χ2n) is 5.53. The highest BCUT2D eigenvalue weighted by Gasteiger charge is 2.14. The summed E-state index contributed by atoms with van der Waals surface area (Å²) in [4.78, 5) is 3.26. The first kappa shape index (κ1) is 15.0. The third-order valence-electron chi connectivity index (χ3n) is 3.95. The number of benzene rings is 2. The fourth-order valence-electron chi connectivity index (χ4n) is 2.66.